The first-order valence-electron chi connectivity index (χ1n) is 6.75. The second-order valence-corrected chi connectivity index (χ2v) is 5.86. The van der Waals surface area contributed by atoms with Crippen LogP contribution in [0.5, 0.6) is 0 Å². The maximum absolute atomic E-state index is 12.0. The molecular formula is C15H14N4O3S2. The zero-order chi connectivity index (χ0) is 17.5. The molecule has 0 radical (unpaired) electrons. The number of thiocarbonyl (C=S) groups is 1. The number of hydrogen-bond acceptors (Lipinski definition) is 5. The number of nitrogens with one attached hydrogen (secondary N) is 3. The molecule has 0 heterocycles. The Labute approximate surface area is 147 Å². The minimum atomic E-state index is -0.561. The second kappa shape index (κ2) is 8.27. The third-order valence-electron chi connectivity index (χ3n) is 2.96. The minimum absolute atomic E-state index is 0.155. The number of hydrogen-bond donors (Lipinski definition) is 3. The standard InChI is InChI=1S/C15H14N4O3S2/c1-24-13-7-5-11(6-8-13)16-15(23)18-17-14(20)10-3-2-4-12(9-10)19(21)22/h2-9H,1H3,(H,17,20)(H2,16,18,23). The molecule has 0 aliphatic heterocycles. The topological polar surface area (TPSA) is 96.3 Å². The van der Waals surface area contributed by atoms with Crippen molar-refractivity contribution in [3.63, 3.8) is 0 Å². The van der Waals surface area contributed by atoms with Crippen molar-refractivity contribution >= 4 is 46.4 Å². The summed E-state index contributed by atoms with van der Waals surface area (Å²) in [6, 6.07) is 13.0. The number of nitro benzene ring substituents is 1. The van der Waals surface area contributed by atoms with Gasteiger partial charge in [-0.3, -0.25) is 25.8 Å². The largest absolute Gasteiger partial charge is 0.331 e. The number of carbonyl (C=O) groups excluding carboxylic acids is 1. The van der Waals surface area contributed by atoms with E-state index in [9.17, 15) is 14.9 Å². The van der Waals surface area contributed by atoms with Gasteiger partial charge in [0.25, 0.3) is 11.6 Å². The lowest BCUT2D eigenvalue weighted by molar-refractivity contribution is -0.384. The van der Waals surface area contributed by atoms with Gasteiger partial charge in [0.05, 0.1) is 4.92 Å². The molecule has 0 aliphatic carbocycles. The van der Waals surface area contributed by atoms with Gasteiger partial charge in [0.2, 0.25) is 0 Å². The van der Waals surface area contributed by atoms with Crippen LogP contribution in [0.4, 0.5) is 11.4 Å². The van der Waals surface area contributed by atoms with Gasteiger partial charge >= 0.3 is 0 Å². The summed E-state index contributed by atoms with van der Waals surface area (Å²) in [7, 11) is 0. The Morgan fingerprint density at radius 3 is 2.50 bits per heavy atom. The lowest BCUT2D eigenvalue weighted by Crippen LogP contribution is -2.43. The first kappa shape index (κ1) is 17.7. The maximum Gasteiger partial charge on any atom is 0.270 e. The van der Waals surface area contributed by atoms with Crippen molar-refractivity contribution in [1.29, 1.82) is 0 Å². The molecule has 7 nitrogen and oxygen atoms in total. The lowest BCUT2D eigenvalue weighted by Gasteiger charge is -2.11. The van der Waals surface area contributed by atoms with E-state index in [-0.39, 0.29) is 16.4 Å². The average molecular weight is 362 g/mol. The van der Waals surface area contributed by atoms with Crippen molar-refractivity contribution < 1.29 is 9.72 Å². The molecule has 0 spiro atoms. The van der Waals surface area contributed by atoms with Crippen LogP contribution in [0.2, 0.25) is 0 Å². The van der Waals surface area contributed by atoms with Gasteiger partial charge in [-0.1, -0.05) is 6.07 Å². The molecular weight excluding hydrogens is 348 g/mol. The highest BCUT2D eigenvalue weighted by Crippen LogP contribution is 2.17. The smallest absolute Gasteiger partial charge is 0.270 e. The SMILES string of the molecule is CSc1ccc(NC(=S)NNC(=O)c2cccc([N+](=O)[O-])c2)cc1. The molecule has 0 saturated heterocycles. The van der Waals surface area contributed by atoms with Crippen molar-refractivity contribution in [3.8, 4) is 0 Å². The summed E-state index contributed by atoms with van der Waals surface area (Å²) in [6.45, 7) is 0. The molecule has 0 bridgehead atoms. The summed E-state index contributed by atoms with van der Waals surface area (Å²) in [6.07, 6.45) is 1.98. The van der Waals surface area contributed by atoms with Crippen molar-refractivity contribution in [2.24, 2.45) is 0 Å². The van der Waals surface area contributed by atoms with Crippen LogP contribution in [0, 0.1) is 10.1 Å². The number of anilines is 1. The monoisotopic (exact) mass is 362 g/mol. The van der Waals surface area contributed by atoms with Crippen LogP contribution in [0.3, 0.4) is 0 Å². The molecule has 0 aromatic heterocycles. The number of nitro groups is 1. The Kier molecular flexibility index (Phi) is 6.10. The summed E-state index contributed by atoms with van der Waals surface area (Å²) in [5.74, 6) is -0.527. The van der Waals surface area contributed by atoms with Crippen LogP contribution in [0.1, 0.15) is 10.4 Å². The van der Waals surface area contributed by atoms with Gasteiger partial charge < -0.3 is 5.32 Å². The highest BCUT2D eigenvalue weighted by Gasteiger charge is 2.11. The minimum Gasteiger partial charge on any atom is -0.331 e. The molecule has 0 unspecified atom stereocenters. The van der Waals surface area contributed by atoms with Gasteiger partial charge in [-0.2, -0.15) is 0 Å². The van der Waals surface area contributed by atoms with Crippen LogP contribution >= 0.6 is 24.0 Å². The lowest BCUT2D eigenvalue weighted by atomic mass is 10.2. The van der Waals surface area contributed by atoms with Gasteiger partial charge in [0, 0.05) is 28.3 Å². The Hall–Kier alpha value is -2.65. The molecule has 2 aromatic rings. The van der Waals surface area contributed by atoms with E-state index >= 15 is 0 Å². The average Bonchev–Trinajstić information content (AvgIpc) is 2.60. The molecule has 3 N–H and O–H groups in total. The Morgan fingerprint density at radius 2 is 1.88 bits per heavy atom. The first-order chi connectivity index (χ1) is 11.5. The van der Waals surface area contributed by atoms with Crippen LogP contribution in [-0.2, 0) is 0 Å². The summed E-state index contributed by atoms with van der Waals surface area (Å²) in [5.41, 5.74) is 5.71. The fourth-order valence-electron chi connectivity index (χ4n) is 1.78. The Morgan fingerprint density at radius 1 is 1.17 bits per heavy atom. The van der Waals surface area contributed by atoms with Gasteiger partial charge in [0.1, 0.15) is 0 Å². The molecule has 124 valence electrons. The van der Waals surface area contributed by atoms with E-state index < -0.39 is 10.8 Å². The van der Waals surface area contributed by atoms with Crippen LogP contribution < -0.4 is 16.2 Å². The van der Waals surface area contributed by atoms with Crippen LogP contribution in [0.15, 0.2) is 53.4 Å². The number of thioether (sulfide) groups is 1. The maximum atomic E-state index is 12.0. The van der Waals surface area contributed by atoms with Crippen molar-refractivity contribution in [2.45, 2.75) is 4.90 Å². The van der Waals surface area contributed by atoms with Gasteiger partial charge in [-0.25, -0.2) is 0 Å². The number of benzene rings is 2. The molecule has 0 saturated carbocycles. The number of non-ortho nitro benzene ring substituents is 1. The van der Waals surface area contributed by atoms with E-state index in [4.69, 9.17) is 12.2 Å². The third kappa shape index (κ3) is 4.93. The van der Waals surface area contributed by atoms with E-state index in [1.807, 2.05) is 30.5 Å². The predicted molar refractivity (Wildman–Crippen MR) is 98.1 cm³/mol. The number of rotatable bonds is 4. The van der Waals surface area contributed by atoms with Crippen LogP contribution in [-0.4, -0.2) is 22.2 Å². The number of carbonyl (C=O) groups is 1. The molecule has 2 rings (SSSR count). The molecule has 0 atom stereocenters. The van der Waals surface area contributed by atoms with Crippen LogP contribution in [0.25, 0.3) is 0 Å². The Balaban J connectivity index is 1.89. The molecule has 2 aromatic carbocycles. The second-order valence-electron chi connectivity index (χ2n) is 4.57. The Bertz CT molecular complexity index is 766. The van der Waals surface area contributed by atoms with Gasteiger partial charge in [-0.15, -0.1) is 11.8 Å². The number of nitrogens with zero attached hydrogens (tertiary/aromatic N) is 1. The normalized spacial score (nSPS) is 9.88. The van der Waals surface area contributed by atoms with Gasteiger partial charge in [-0.05, 0) is 48.8 Å². The predicted octanol–water partition coefficient (Wildman–Crippen LogP) is 2.95. The van der Waals surface area contributed by atoms with E-state index in [1.165, 1.54) is 24.3 Å². The first-order valence-corrected chi connectivity index (χ1v) is 8.39. The van der Waals surface area contributed by atoms with Gasteiger partial charge in [0.15, 0.2) is 5.11 Å². The van der Waals surface area contributed by atoms with Crippen molar-refractivity contribution in [3.05, 3.63) is 64.2 Å². The highest BCUT2D eigenvalue weighted by atomic mass is 32.2. The van der Waals surface area contributed by atoms with Crippen molar-refractivity contribution in [1.82, 2.24) is 10.9 Å². The van der Waals surface area contributed by atoms with E-state index in [2.05, 4.69) is 16.2 Å². The number of hydrazine groups is 1. The van der Waals surface area contributed by atoms with E-state index in [1.54, 1.807) is 11.8 Å². The molecule has 24 heavy (non-hydrogen) atoms. The van der Waals surface area contributed by atoms with E-state index in [0.29, 0.717) is 0 Å². The summed E-state index contributed by atoms with van der Waals surface area (Å²) >= 11 is 6.71. The number of amides is 1. The molecule has 0 aliphatic rings. The fourth-order valence-corrected chi connectivity index (χ4v) is 2.36. The summed E-state index contributed by atoms with van der Waals surface area (Å²) in [4.78, 5) is 23.3. The molecule has 9 heteroatoms. The third-order valence-corrected chi connectivity index (χ3v) is 3.90. The summed E-state index contributed by atoms with van der Waals surface area (Å²) in [5, 5.41) is 13.8. The molecule has 1 amide bonds. The highest BCUT2D eigenvalue weighted by molar-refractivity contribution is 7.98. The molecule has 0 fully saturated rings. The van der Waals surface area contributed by atoms with E-state index in [0.717, 1.165) is 10.6 Å². The quantitative estimate of drug-likeness (QED) is 0.333. The van der Waals surface area contributed by atoms with Crippen molar-refractivity contribution in [2.75, 3.05) is 11.6 Å². The zero-order valence-electron chi connectivity index (χ0n) is 12.6. The fraction of sp³-hybridized carbons (Fsp3) is 0.0667. The zero-order valence-corrected chi connectivity index (χ0v) is 14.2. The summed E-state index contributed by atoms with van der Waals surface area (Å²) < 4.78 is 0.